The van der Waals surface area contributed by atoms with E-state index < -0.39 is 0 Å². The van der Waals surface area contributed by atoms with Gasteiger partial charge in [0.05, 0.1) is 18.7 Å². The number of rotatable bonds is 3. The van der Waals surface area contributed by atoms with Gasteiger partial charge in [-0.3, -0.25) is 10.2 Å². The number of nitrogens with one attached hydrogen (secondary N) is 1. The minimum atomic E-state index is -0.256. The highest BCUT2D eigenvalue weighted by Crippen LogP contribution is 2.14. The van der Waals surface area contributed by atoms with E-state index in [4.69, 9.17) is 10.1 Å². The number of halogens is 1. The SMILES string of the molecule is CCOC(=O)CC1=NN(C)C(=N)SC1.I. The molecule has 0 saturated carbocycles. The summed E-state index contributed by atoms with van der Waals surface area (Å²) in [5.41, 5.74) is 0.756. The van der Waals surface area contributed by atoms with Crippen molar-refractivity contribution in [3.05, 3.63) is 0 Å². The first kappa shape index (κ1) is 14.7. The fourth-order valence-electron chi connectivity index (χ4n) is 0.997. The van der Waals surface area contributed by atoms with Crippen molar-refractivity contribution in [2.75, 3.05) is 19.4 Å². The molecule has 0 spiro atoms. The number of hydrogen-bond acceptors (Lipinski definition) is 5. The number of hydrogen-bond donors (Lipinski definition) is 1. The number of ether oxygens (including phenoxy) is 1. The van der Waals surface area contributed by atoms with Crippen LogP contribution in [0.2, 0.25) is 0 Å². The predicted molar refractivity (Wildman–Crippen MR) is 72.0 cm³/mol. The van der Waals surface area contributed by atoms with E-state index in [1.54, 1.807) is 14.0 Å². The van der Waals surface area contributed by atoms with Crippen molar-refractivity contribution in [2.24, 2.45) is 5.10 Å². The Morgan fingerprint density at radius 2 is 2.40 bits per heavy atom. The smallest absolute Gasteiger partial charge is 0.311 e. The maximum absolute atomic E-state index is 11.1. The standard InChI is InChI=1S/C8H13N3O2S.HI/c1-3-13-7(12)4-6-5-14-8(9)11(2)10-6;/h9H,3-5H2,1-2H3;1H. The first-order valence-electron chi connectivity index (χ1n) is 4.30. The first-order chi connectivity index (χ1) is 6.63. The molecule has 0 amide bonds. The van der Waals surface area contributed by atoms with Crippen molar-refractivity contribution >= 4 is 52.6 Å². The van der Waals surface area contributed by atoms with E-state index in [1.807, 2.05) is 0 Å². The van der Waals surface area contributed by atoms with Gasteiger partial charge in [-0.1, -0.05) is 11.8 Å². The number of carbonyl (C=O) groups is 1. The second-order valence-electron chi connectivity index (χ2n) is 2.77. The van der Waals surface area contributed by atoms with Crippen LogP contribution in [0.4, 0.5) is 0 Å². The topological polar surface area (TPSA) is 65.8 Å². The molecule has 1 aliphatic heterocycles. The van der Waals surface area contributed by atoms with Gasteiger partial charge in [-0.2, -0.15) is 5.10 Å². The van der Waals surface area contributed by atoms with Crippen LogP contribution in [-0.4, -0.2) is 41.3 Å². The minimum absolute atomic E-state index is 0. The average molecular weight is 343 g/mol. The molecule has 5 nitrogen and oxygen atoms in total. The van der Waals surface area contributed by atoms with Gasteiger partial charge in [0, 0.05) is 12.8 Å². The number of carbonyl (C=O) groups excluding carboxylic acids is 1. The monoisotopic (exact) mass is 343 g/mol. The molecule has 1 aliphatic rings. The van der Waals surface area contributed by atoms with Crippen LogP contribution in [0.15, 0.2) is 5.10 Å². The second kappa shape index (κ2) is 7.04. The summed E-state index contributed by atoms with van der Waals surface area (Å²) in [4.78, 5) is 11.1. The Morgan fingerprint density at radius 1 is 1.73 bits per heavy atom. The molecule has 0 unspecified atom stereocenters. The highest BCUT2D eigenvalue weighted by atomic mass is 127. The zero-order chi connectivity index (χ0) is 10.6. The van der Waals surface area contributed by atoms with E-state index in [2.05, 4.69) is 5.10 Å². The second-order valence-corrected chi connectivity index (χ2v) is 3.73. The molecule has 15 heavy (non-hydrogen) atoms. The summed E-state index contributed by atoms with van der Waals surface area (Å²) in [6, 6.07) is 0. The molecule has 1 rings (SSSR count). The summed E-state index contributed by atoms with van der Waals surface area (Å²) in [7, 11) is 1.69. The Bertz CT molecular complexity index is 283. The Balaban J connectivity index is 0.00000196. The molecule has 86 valence electrons. The van der Waals surface area contributed by atoms with Gasteiger partial charge in [-0.05, 0) is 6.92 Å². The van der Waals surface area contributed by atoms with Gasteiger partial charge in [0.25, 0.3) is 0 Å². The van der Waals surface area contributed by atoms with Crippen molar-refractivity contribution < 1.29 is 9.53 Å². The molecule has 0 aromatic heterocycles. The lowest BCUT2D eigenvalue weighted by Gasteiger charge is -2.20. The van der Waals surface area contributed by atoms with Crippen molar-refractivity contribution in [1.29, 1.82) is 5.41 Å². The van der Waals surface area contributed by atoms with Crippen LogP contribution >= 0.6 is 35.7 Å². The van der Waals surface area contributed by atoms with Gasteiger partial charge in [0.1, 0.15) is 0 Å². The molecule has 0 atom stereocenters. The predicted octanol–water partition coefficient (Wildman–Crippen LogP) is 1.53. The normalized spacial score (nSPS) is 15.5. The molecule has 0 bridgehead atoms. The van der Waals surface area contributed by atoms with E-state index >= 15 is 0 Å². The van der Waals surface area contributed by atoms with Crippen LogP contribution in [0.25, 0.3) is 0 Å². The minimum Gasteiger partial charge on any atom is -0.466 e. The zero-order valence-corrected chi connectivity index (χ0v) is 11.8. The molecule has 7 heteroatoms. The highest BCUT2D eigenvalue weighted by Gasteiger charge is 2.17. The van der Waals surface area contributed by atoms with Crippen LogP contribution in [-0.2, 0) is 9.53 Å². The lowest BCUT2D eigenvalue weighted by atomic mass is 10.3. The van der Waals surface area contributed by atoms with Crippen molar-refractivity contribution in [3.63, 3.8) is 0 Å². The van der Waals surface area contributed by atoms with Crippen molar-refractivity contribution in [1.82, 2.24) is 5.01 Å². The van der Waals surface area contributed by atoms with Crippen LogP contribution in [0.3, 0.4) is 0 Å². The fourth-order valence-corrected chi connectivity index (χ4v) is 1.69. The molecule has 0 aromatic carbocycles. The highest BCUT2D eigenvalue weighted by molar-refractivity contribution is 14.0. The molecule has 0 fully saturated rings. The van der Waals surface area contributed by atoms with Crippen molar-refractivity contribution in [2.45, 2.75) is 13.3 Å². The molecule has 0 saturated heterocycles. The fraction of sp³-hybridized carbons (Fsp3) is 0.625. The van der Waals surface area contributed by atoms with Crippen molar-refractivity contribution in [3.8, 4) is 0 Å². The third kappa shape index (κ3) is 4.83. The van der Waals surface area contributed by atoms with Gasteiger partial charge in [-0.25, -0.2) is 5.01 Å². The number of esters is 1. The molecule has 1 N–H and O–H groups in total. The Labute approximate surface area is 110 Å². The van der Waals surface area contributed by atoms with Crippen LogP contribution in [0, 0.1) is 5.41 Å². The Kier molecular flexibility index (Phi) is 6.90. The molecule has 0 radical (unpaired) electrons. The first-order valence-corrected chi connectivity index (χ1v) is 5.29. The van der Waals surface area contributed by atoms with E-state index in [9.17, 15) is 4.79 Å². The summed E-state index contributed by atoms with van der Waals surface area (Å²) in [5, 5.41) is 13.4. The zero-order valence-electron chi connectivity index (χ0n) is 8.65. The summed E-state index contributed by atoms with van der Waals surface area (Å²) in [6.45, 7) is 2.17. The molecule has 0 aliphatic carbocycles. The van der Waals surface area contributed by atoms with Crippen LogP contribution in [0.5, 0.6) is 0 Å². The van der Waals surface area contributed by atoms with Gasteiger partial charge in [-0.15, -0.1) is 24.0 Å². The quantitative estimate of drug-likeness (QED) is 0.623. The van der Waals surface area contributed by atoms with E-state index in [1.165, 1.54) is 16.8 Å². The molecule has 1 heterocycles. The lowest BCUT2D eigenvalue weighted by molar-refractivity contribution is -0.141. The third-order valence-electron chi connectivity index (χ3n) is 1.61. The Hall–Kier alpha value is -0.310. The number of thioether (sulfide) groups is 1. The van der Waals surface area contributed by atoms with E-state index in [0.29, 0.717) is 17.5 Å². The van der Waals surface area contributed by atoms with E-state index in [0.717, 1.165) is 5.71 Å². The molecule has 0 aromatic rings. The average Bonchev–Trinajstić information content (AvgIpc) is 2.12. The van der Waals surface area contributed by atoms with E-state index in [-0.39, 0.29) is 36.4 Å². The van der Waals surface area contributed by atoms with Gasteiger partial charge in [0.2, 0.25) is 0 Å². The number of nitrogens with zero attached hydrogens (tertiary/aromatic N) is 2. The summed E-state index contributed by atoms with van der Waals surface area (Å²) < 4.78 is 4.81. The summed E-state index contributed by atoms with van der Waals surface area (Å²) in [5.74, 6) is 0.343. The summed E-state index contributed by atoms with van der Waals surface area (Å²) >= 11 is 1.37. The third-order valence-corrected chi connectivity index (χ3v) is 2.63. The number of hydrazone groups is 1. The summed E-state index contributed by atoms with van der Waals surface area (Å²) in [6.07, 6.45) is 0.221. The van der Waals surface area contributed by atoms with Gasteiger partial charge >= 0.3 is 5.97 Å². The van der Waals surface area contributed by atoms with Crippen LogP contribution < -0.4 is 0 Å². The largest absolute Gasteiger partial charge is 0.466 e. The Morgan fingerprint density at radius 3 is 2.93 bits per heavy atom. The molecular weight excluding hydrogens is 329 g/mol. The number of amidine groups is 1. The molecular formula is C8H14IN3O2S. The lowest BCUT2D eigenvalue weighted by Crippen LogP contribution is -2.28. The maximum Gasteiger partial charge on any atom is 0.311 e. The maximum atomic E-state index is 11.1. The van der Waals surface area contributed by atoms with Crippen LogP contribution in [0.1, 0.15) is 13.3 Å². The van der Waals surface area contributed by atoms with Gasteiger partial charge in [0.15, 0.2) is 5.17 Å². The van der Waals surface area contributed by atoms with Gasteiger partial charge < -0.3 is 4.74 Å².